The highest BCUT2D eigenvalue weighted by molar-refractivity contribution is 14.1. The number of rotatable bonds is 2. The maximum atomic E-state index is 12.9. The van der Waals surface area contributed by atoms with Crippen molar-refractivity contribution in [3.05, 3.63) is 21.7 Å². The van der Waals surface area contributed by atoms with Gasteiger partial charge < -0.3 is 5.73 Å². The van der Waals surface area contributed by atoms with Crippen LogP contribution < -0.4 is 10.6 Å². The first-order chi connectivity index (χ1) is 7.61. The highest BCUT2D eigenvalue weighted by Gasteiger charge is 2.31. The fourth-order valence-electron chi connectivity index (χ4n) is 1.75. The van der Waals surface area contributed by atoms with Gasteiger partial charge in [-0.15, -0.1) is 0 Å². The Bertz CT molecular complexity index is 427. The summed E-state index contributed by atoms with van der Waals surface area (Å²) in [6.07, 6.45) is 1.58. The third kappa shape index (κ3) is 2.17. The molecule has 1 aliphatic rings. The molecule has 1 saturated heterocycles. The predicted octanol–water partition coefficient (Wildman–Crippen LogP) is 1.14. The monoisotopic (exact) mass is 335 g/mol. The Morgan fingerprint density at radius 2 is 2.44 bits per heavy atom. The Morgan fingerprint density at radius 3 is 3.00 bits per heavy atom. The van der Waals surface area contributed by atoms with Crippen LogP contribution in [0.5, 0.6) is 0 Å². The summed E-state index contributed by atoms with van der Waals surface area (Å²) in [5, 5.41) is 0. The molecular formula is C10H11FIN3O. The SMILES string of the molecule is NCC1CC(=O)N(c2ncc(F)cc2I)C1. The van der Waals surface area contributed by atoms with Gasteiger partial charge in [0.05, 0.1) is 9.77 Å². The minimum Gasteiger partial charge on any atom is -0.330 e. The maximum absolute atomic E-state index is 12.9. The van der Waals surface area contributed by atoms with E-state index in [9.17, 15) is 9.18 Å². The standard InChI is InChI=1S/C10H11FIN3O/c11-7-2-8(12)10(14-4-7)15-5-6(3-13)1-9(15)16/h2,4,6H,1,3,5,13H2. The number of carbonyl (C=O) groups is 1. The van der Waals surface area contributed by atoms with Crippen LogP contribution in [0.4, 0.5) is 10.2 Å². The van der Waals surface area contributed by atoms with Crippen LogP contribution >= 0.6 is 22.6 Å². The molecule has 2 rings (SSSR count). The summed E-state index contributed by atoms with van der Waals surface area (Å²) in [6.45, 7) is 1.06. The Kier molecular flexibility index (Phi) is 3.38. The summed E-state index contributed by atoms with van der Waals surface area (Å²) in [5.74, 6) is 0.320. The normalized spacial score (nSPS) is 20.6. The lowest BCUT2D eigenvalue weighted by atomic mass is 10.1. The minimum absolute atomic E-state index is 0.00692. The summed E-state index contributed by atoms with van der Waals surface area (Å²) in [7, 11) is 0. The third-order valence-corrected chi connectivity index (χ3v) is 3.38. The number of hydrogen-bond acceptors (Lipinski definition) is 3. The van der Waals surface area contributed by atoms with Crippen molar-refractivity contribution in [1.29, 1.82) is 0 Å². The zero-order chi connectivity index (χ0) is 11.7. The van der Waals surface area contributed by atoms with Crippen LogP contribution in [0.3, 0.4) is 0 Å². The van der Waals surface area contributed by atoms with Gasteiger partial charge in [-0.2, -0.15) is 0 Å². The van der Waals surface area contributed by atoms with Crippen molar-refractivity contribution in [2.24, 2.45) is 11.7 Å². The van der Waals surface area contributed by atoms with Crippen LogP contribution in [0.15, 0.2) is 12.3 Å². The first-order valence-corrected chi connectivity index (χ1v) is 6.01. The second-order valence-electron chi connectivity index (χ2n) is 3.77. The van der Waals surface area contributed by atoms with Crippen LogP contribution in [0.1, 0.15) is 6.42 Å². The molecule has 1 fully saturated rings. The van der Waals surface area contributed by atoms with Crippen LogP contribution in [0.2, 0.25) is 0 Å². The lowest BCUT2D eigenvalue weighted by Crippen LogP contribution is -2.27. The average molecular weight is 335 g/mol. The number of nitrogens with two attached hydrogens (primary N) is 1. The Balaban J connectivity index is 2.28. The van der Waals surface area contributed by atoms with Gasteiger partial charge >= 0.3 is 0 Å². The second-order valence-corrected chi connectivity index (χ2v) is 4.93. The van der Waals surface area contributed by atoms with Gasteiger partial charge in [0, 0.05) is 13.0 Å². The predicted molar refractivity (Wildman–Crippen MR) is 66.4 cm³/mol. The number of pyridine rings is 1. The number of nitrogens with zero attached hydrogens (tertiary/aromatic N) is 2. The minimum atomic E-state index is -0.393. The molecular weight excluding hydrogens is 324 g/mol. The second kappa shape index (κ2) is 4.62. The topological polar surface area (TPSA) is 59.2 Å². The molecule has 0 aliphatic carbocycles. The van der Waals surface area contributed by atoms with E-state index in [-0.39, 0.29) is 11.8 Å². The molecule has 0 radical (unpaired) electrons. The molecule has 86 valence electrons. The van der Waals surface area contributed by atoms with E-state index in [1.165, 1.54) is 6.07 Å². The molecule has 1 unspecified atom stereocenters. The van der Waals surface area contributed by atoms with Gasteiger partial charge in [-0.05, 0) is 41.1 Å². The number of halogens is 2. The van der Waals surface area contributed by atoms with E-state index in [4.69, 9.17) is 5.73 Å². The third-order valence-electron chi connectivity index (χ3n) is 2.58. The molecule has 0 saturated carbocycles. The quantitative estimate of drug-likeness (QED) is 0.825. The molecule has 1 amide bonds. The van der Waals surface area contributed by atoms with E-state index in [1.807, 2.05) is 22.6 Å². The fourth-order valence-corrected chi connectivity index (χ4v) is 2.48. The van der Waals surface area contributed by atoms with Crippen molar-refractivity contribution in [1.82, 2.24) is 4.98 Å². The fraction of sp³-hybridized carbons (Fsp3) is 0.400. The maximum Gasteiger partial charge on any atom is 0.228 e. The van der Waals surface area contributed by atoms with Gasteiger partial charge in [0.25, 0.3) is 0 Å². The number of hydrogen-bond donors (Lipinski definition) is 1. The molecule has 1 aliphatic heterocycles. The van der Waals surface area contributed by atoms with Crippen molar-refractivity contribution in [3.8, 4) is 0 Å². The number of aromatic nitrogens is 1. The van der Waals surface area contributed by atoms with Gasteiger partial charge in [0.1, 0.15) is 11.6 Å². The van der Waals surface area contributed by atoms with Crippen molar-refractivity contribution < 1.29 is 9.18 Å². The van der Waals surface area contributed by atoms with Gasteiger partial charge in [-0.25, -0.2) is 9.37 Å². The Labute approximate surface area is 106 Å². The first kappa shape index (κ1) is 11.7. The molecule has 1 aromatic heterocycles. The van der Waals surface area contributed by atoms with Gasteiger partial charge in [-0.3, -0.25) is 9.69 Å². The van der Waals surface area contributed by atoms with Crippen molar-refractivity contribution in [2.45, 2.75) is 6.42 Å². The Hall–Kier alpha value is -0.760. The molecule has 6 heteroatoms. The van der Waals surface area contributed by atoms with Crippen molar-refractivity contribution in [2.75, 3.05) is 18.0 Å². The highest BCUT2D eigenvalue weighted by Crippen LogP contribution is 2.27. The summed E-state index contributed by atoms with van der Waals surface area (Å²) in [5.41, 5.74) is 5.54. The number of carbonyl (C=O) groups excluding carboxylic acids is 1. The van der Waals surface area contributed by atoms with E-state index in [1.54, 1.807) is 4.90 Å². The molecule has 0 spiro atoms. The van der Waals surface area contributed by atoms with E-state index < -0.39 is 5.82 Å². The zero-order valence-corrected chi connectivity index (χ0v) is 10.6. The molecule has 0 bridgehead atoms. The smallest absolute Gasteiger partial charge is 0.228 e. The first-order valence-electron chi connectivity index (χ1n) is 4.93. The van der Waals surface area contributed by atoms with Gasteiger partial charge in [0.2, 0.25) is 5.91 Å². The molecule has 2 N–H and O–H groups in total. The largest absolute Gasteiger partial charge is 0.330 e. The summed E-state index contributed by atoms with van der Waals surface area (Å²) >= 11 is 1.98. The van der Waals surface area contributed by atoms with Gasteiger partial charge in [-0.1, -0.05) is 0 Å². The van der Waals surface area contributed by atoms with Crippen LogP contribution in [0.25, 0.3) is 0 Å². The lowest BCUT2D eigenvalue weighted by Gasteiger charge is -2.16. The molecule has 1 atom stereocenters. The van der Waals surface area contributed by atoms with E-state index in [2.05, 4.69) is 4.98 Å². The van der Waals surface area contributed by atoms with E-state index >= 15 is 0 Å². The Morgan fingerprint density at radius 1 is 1.69 bits per heavy atom. The van der Waals surface area contributed by atoms with Gasteiger partial charge in [0.15, 0.2) is 0 Å². The molecule has 1 aromatic rings. The van der Waals surface area contributed by atoms with Crippen LogP contribution in [0, 0.1) is 15.3 Å². The molecule has 4 nitrogen and oxygen atoms in total. The van der Waals surface area contributed by atoms with Crippen molar-refractivity contribution >= 4 is 34.3 Å². The molecule has 0 aromatic carbocycles. The molecule has 2 heterocycles. The number of amides is 1. The average Bonchev–Trinajstić information content (AvgIpc) is 2.60. The van der Waals surface area contributed by atoms with Crippen LogP contribution in [-0.2, 0) is 4.79 Å². The lowest BCUT2D eigenvalue weighted by molar-refractivity contribution is -0.117. The molecule has 16 heavy (non-hydrogen) atoms. The van der Waals surface area contributed by atoms with E-state index in [0.29, 0.717) is 28.9 Å². The highest BCUT2D eigenvalue weighted by atomic mass is 127. The number of anilines is 1. The summed E-state index contributed by atoms with van der Waals surface area (Å²) in [4.78, 5) is 17.3. The zero-order valence-electron chi connectivity index (χ0n) is 8.49. The summed E-state index contributed by atoms with van der Waals surface area (Å²) in [6, 6.07) is 1.37. The summed E-state index contributed by atoms with van der Waals surface area (Å²) < 4.78 is 13.5. The van der Waals surface area contributed by atoms with Crippen LogP contribution in [-0.4, -0.2) is 24.0 Å². The van der Waals surface area contributed by atoms with E-state index in [0.717, 1.165) is 6.20 Å². The van der Waals surface area contributed by atoms with Crippen molar-refractivity contribution in [3.63, 3.8) is 0 Å².